The minimum absolute atomic E-state index is 0.198. The molecule has 7 nitrogen and oxygen atoms in total. The molecule has 4 rings (SSSR count). The van der Waals surface area contributed by atoms with Gasteiger partial charge in [0.1, 0.15) is 11.4 Å². The maximum Gasteiger partial charge on any atom is 0.274 e. The maximum absolute atomic E-state index is 13.0. The first-order chi connectivity index (χ1) is 14.7. The number of hydrogen-bond donors (Lipinski definition) is 1. The number of hydrogen-bond acceptors (Lipinski definition) is 5. The number of nitrogens with one attached hydrogen (secondary N) is 1. The number of pyridine rings is 1. The quantitative estimate of drug-likeness (QED) is 0.512. The monoisotopic (exact) mass is 419 g/mol. The normalized spacial score (nSPS) is 10.6. The van der Waals surface area contributed by atoms with Crippen molar-refractivity contribution in [2.75, 3.05) is 7.11 Å². The zero-order chi connectivity index (χ0) is 20.9. The third-order valence-corrected chi connectivity index (χ3v) is 4.83. The first kappa shape index (κ1) is 19.6. The van der Waals surface area contributed by atoms with Crippen molar-refractivity contribution in [2.24, 2.45) is 0 Å². The predicted octanol–water partition coefficient (Wildman–Crippen LogP) is 3.92. The molecule has 0 radical (unpaired) electrons. The summed E-state index contributed by atoms with van der Waals surface area (Å²) in [5.74, 6) is 0.381. The van der Waals surface area contributed by atoms with Crippen LogP contribution in [0.1, 0.15) is 16.1 Å². The van der Waals surface area contributed by atoms with Crippen LogP contribution in [-0.2, 0) is 6.54 Å². The average Bonchev–Trinajstić information content (AvgIpc) is 3.23. The summed E-state index contributed by atoms with van der Waals surface area (Å²) in [6, 6.07) is 18.3. The zero-order valence-corrected chi connectivity index (χ0v) is 16.9. The molecule has 4 aromatic rings. The third-order valence-electron chi connectivity index (χ3n) is 4.51. The van der Waals surface area contributed by atoms with Gasteiger partial charge in [0.05, 0.1) is 17.8 Å². The summed E-state index contributed by atoms with van der Waals surface area (Å²) < 4.78 is 6.80. The van der Waals surface area contributed by atoms with Crippen molar-refractivity contribution in [1.82, 2.24) is 25.3 Å². The highest BCUT2D eigenvalue weighted by Gasteiger charge is 2.23. The molecular weight excluding hydrogens is 402 g/mol. The van der Waals surface area contributed by atoms with Crippen LogP contribution in [0.4, 0.5) is 0 Å². The van der Waals surface area contributed by atoms with Crippen molar-refractivity contribution in [2.45, 2.75) is 6.54 Å². The van der Waals surface area contributed by atoms with Gasteiger partial charge in [0.15, 0.2) is 5.69 Å². The number of ether oxygens (including phenoxy) is 1. The lowest BCUT2D eigenvalue weighted by Crippen LogP contribution is -2.24. The third kappa shape index (κ3) is 4.01. The van der Waals surface area contributed by atoms with Gasteiger partial charge < -0.3 is 10.1 Å². The van der Waals surface area contributed by atoms with Crippen LogP contribution in [0.25, 0.3) is 16.9 Å². The van der Waals surface area contributed by atoms with Gasteiger partial charge in [-0.3, -0.25) is 9.78 Å². The molecule has 0 saturated carbocycles. The summed E-state index contributed by atoms with van der Waals surface area (Å²) >= 11 is 6.36. The highest BCUT2D eigenvalue weighted by Crippen LogP contribution is 2.28. The lowest BCUT2D eigenvalue weighted by molar-refractivity contribution is 0.0946. The Hall–Kier alpha value is -3.71. The molecule has 0 bridgehead atoms. The molecule has 2 aromatic heterocycles. The van der Waals surface area contributed by atoms with Gasteiger partial charge in [0.2, 0.25) is 0 Å². The highest BCUT2D eigenvalue weighted by molar-refractivity contribution is 6.32. The molecule has 30 heavy (non-hydrogen) atoms. The lowest BCUT2D eigenvalue weighted by atomic mass is 10.1. The molecule has 0 aliphatic heterocycles. The summed E-state index contributed by atoms with van der Waals surface area (Å²) in [6.07, 6.45) is 3.30. The molecule has 0 atom stereocenters. The smallest absolute Gasteiger partial charge is 0.274 e. The fourth-order valence-corrected chi connectivity index (χ4v) is 3.26. The second kappa shape index (κ2) is 8.75. The van der Waals surface area contributed by atoms with Gasteiger partial charge >= 0.3 is 0 Å². The van der Waals surface area contributed by atoms with E-state index in [4.69, 9.17) is 16.3 Å². The first-order valence-corrected chi connectivity index (χ1v) is 9.57. The summed E-state index contributed by atoms with van der Waals surface area (Å²) in [4.78, 5) is 17.0. The summed E-state index contributed by atoms with van der Waals surface area (Å²) in [5, 5.41) is 11.8. The average molecular weight is 420 g/mol. The van der Waals surface area contributed by atoms with E-state index in [1.54, 1.807) is 42.4 Å². The largest absolute Gasteiger partial charge is 0.497 e. The molecule has 0 unspecified atom stereocenters. The van der Waals surface area contributed by atoms with Gasteiger partial charge in [-0.2, -0.15) is 0 Å². The van der Waals surface area contributed by atoms with Crippen molar-refractivity contribution >= 4 is 17.5 Å². The minimum atomic E-state index is -0.345. The van der Waals surface area contributed by atoms with E-state index in [1.165, 1.54) is 0 Å². The first-order valence-electron chi connectivity index (χ1n) is 9.19. The number of rotatable bonds is 6. The van der Waals surface area contributed by atoms with Crippen LogP contribution >= 0.6 is 11.6 Å². The summed E-state index contributed by atoms with van der Waals surface area (Å²) in [7, 11) is 1.60. The van der Waals surface area contributed by atoms with Crippen molar-refractivity contribution < 1.29 is 9.53 Å². The number of benzene rings is 2. The molecule has 0 aliphatic carbocycles. The molecule has 0 spiro atoms. The van der Waals surface area contributed by atoms with E-state index in [9.17, 15) is 4.79 Å². The topological polar surface area (TPSA) is 81.9 Å². The highest BCUT2D eigenvalue weighted by atomic mass is 35.5. The van der Waals surface area contributed by atoms with Crippen LogP contribution in [0, 0.1) is 0 Å². The van der Waals surface area contributed by atoms with Gasteiger partial charge in [-0.05, 0) is 42.0 Å². The van der Waals surface area contributed by atoms with E-state index in [1.807, 2.05) is 42.5 Å². The maximum atomic E-state index is 13.0. The van der Waals surface area contributed by atoms with E-state index in [0.717, 1.165) is 16.9 Å². The SMILES string of the molecule is COc1cccc(CNC(=O)c2nnn(-c3ccccc3Cl)c2-c2ccncc2)c1. The Morgan fingerprint density at radius 3 is 2.67 bits per heavy atom. The van der Waals surface area contributed by atoms with Gasteiger partial charge in [-0.25, -0.2) is 4.68 Å². The number of nitrogens with zero attached hydrogens (tertiary/aromatic N) is 4. The van der Waals surface area contributed by atoms with E-state index < -0.39 is 0 Å². The number of carbonyl (C=O) groups excluding carboxylic acids is 1. The fraction of sp³-hybridized carbons (Fsp3) is 0.0909. The number of aromatic nitrogens is 4. The number of methoxy groups -OCH3 is 1. The number of amides is 1. The van der Waals surface area contributed by atoms with Gasteiger partial charge in [0.25, 0.3) is 5.91 Å². The van der Waals surface area contributed by atoms with Crippen LogP contribution in [-0.4, -0.2) is 33.0 Å². The Labute approximate surface area is 178 Å². The van der Waals surface area contributed by atoms with Crippen LogP contribution in [0.2, 0.25) is 5.02 Å². The summed E-state index contributed by atoms with van der Waals surface area (Å²) in [6.45, 7) is 0.324. The molecule has 2 heterocycles. The van der Waals surface area contributed by atoms with Crippen LogP contribution < -0.4 is 10.1 Å². The molecule has 1 amide bonds. The minimum Gasteiger partial charge on any atom is -0.497 e. The number of halogens is 1. The molecule has 0 saturated heterocycles. The van der Waals surface area contributed by atoms with Gasteiger partial charge in [-0.15, -0.1) is 5.10 Å². The van der Waals surface area contributed by atoms with Crippen molar-refractivity contribution in [3.05, 3.63) is 89.3 Å². The summed E-state index contributed by atoms with van der Waals surface area (Å²) in [5.41, 5.74) is 3.02. The molecule has 0 aliphatic rings. The van der Waals surface area contributed by atoms with E-state index in [0.29, 0.717) is 22.9 Å². The lowest BCUT2D eigenvalue weighted by Gasteiger charge is -2.10. The van der Waals surface area contributed by atoms with Crippen molar-refractivity contribution in [3.8, 4) is 22.7 Å². The van der Waals surface area contributed by atoms with E-state index in [2.05, 4.69) is 20.6 Å². The van der Waals surface area contributed by atoms with Gasteiger partial charge in [-0.1, -0.05) is 41.1 Å². The molecule has 1 N–H and O–H groups in total. The zero-order valence-electron chi connectivity index (χ0n) is 16.1. The Balaban J connectivity index is 1.69. The molecule has 8 heteroatoms. The van der Waals surface area contributed by atoms with E-state index in [-0.39, 0.29) is 11.6 Å². The molecule has 150 valence electrons. The van der Waals surface area contributed by atoms with Crippen molar-refractivity contribution in [3.63, 3.8) is 0 Å². The van der Waals surface area contributed by atoms with Crippen molar-refractivity contribution in [1.29, 1.82) is 0 Å². The van der Waals surface area contributed by atoms with Gasteiger partial charge in [0, 0.05) is 24.5 Å². The van der Waals surface area contributed by atoms with Crippen LogP contribution in [0.5, 0.6) is 5.75 Å². The van der Waals surface area contributed by atoms with Crippen LogP contribution in [0.15, 0.2) is 73.1 Å². The Bertz CT molecular complexity index is 1180. The second-order valence-electron chi connectivity index (χ2n) is 6.42. The second-order valence-corrected chi connectivity index (χ2v) is 6.83. The molecular formula is C22H18ClN5O2. The number of para-hydroxylation sites is 1. The van der Waals surface area contributed by atoms with E-state index >= 15 is 0 Å². The standard InChI is InChI=1S/C22H18ClN5O2/c1-30-17-6-4-5-15(13-17)14-25-22(29)20-21(16-9-11-24-12-10-16)28(27-26-20)19-8-3-2-7-18(19)23/h2-13H,14H2,1H3,(H,25,29). The Kier molecular flexibility index (Phi) is 5.72. The number of carbonyl (C=O) groups is 1. The van der Waals surface area contributed by atoms with Crippen LogP contribution in [0.3, 0.4) is 0 Å². The molecule has 0 fully saturated rings. The fourth-order valence-electron chi connectivity index (χ4n) is 3.04. The predicted molar refractivity (Wildman–Crippen MR) is 114 cm³/mol. The molecule has 2 aromatic carbocycles. The Morgan fingerprint density at radius 1 is 1.10 bits per heavy atom. The Morgan fingerprint density at radius 2 is 1.90 bits per heavy atom.